The molecule has 0 unspecified atom stereocenters. The maximum Gasteiger partial charge on any atom is 0.234 e. The highest BCUT2D eigenvalue weighted by atomic mass is 16.2. The highest BCUT2D eigenvalue weighted by molar-refractivity contribution is 5.78. The first-order valence-corrected chi connectivity index (χ1v) is 9.23. The summed E-state index contributed by atoms with van der Waals surface area (Å²) in [6.07, 6.45) is 0. The van der Waals surface area contributed by atoms with E-state index < -0.39 is 0 Å². The number of piperazine rings is 1. The Kier molecular flexibility index (Phi) is 6.05. The SMILES string of the molecule is Cc1cc(C)c(C#N)c(N2CCN(CC(=O)NCc3ccccc3)CC2)n1. The van der Waals surface area contributed by atoms with E-state index in [2.05, 4.69) is 26.2 Å². The number of pyridine rings is 1. The Bertz CT molecular complexity index is 836. The smallest absolute Gasteiger partial charge is 0.234 e. The normalized spacial score (nSPS) is 14.6. The molecule has 0 bridgehead atoms. The maximum atomic E-state index is 12.2. The number of nitrogens with one attached hydrogen (secondary N) is 1. The van der Waals surface area contributed by atoms with Crippen molar-refractivity contribution in [3.63, 3.8) is 0 Å². The Morgan fingerprint density at radius 1 is 1.19 bits per heavy atom. The van der Waals surface area contributed by atoms with Gasteiger partial charge in [0, 0.05) is 38.4 Å². The minimum Gasteiger partial charge on any atom is -0.353 e. The largest absolute Gasteiger partial charge is 0.353 e. The molecular formula is C21H25N5O. The van der Waals surface area contributed by atoms with Crippen LogP contribution in [0.4, 0.5) is 5.82 Å². The van der Waals surface area contributed by atoms with Crippen LogP contribution in [0.5, 0.6) is 0 Å². The molecule has 2 aromatic rings. The van der Waals surface area contributed by atoms with Gasteiger partial charge in [0.1, 0.15) is 11.9 Å². The van der Waals surface area contributed by atoms with E-state index in [9.17, 15) is 10.1 Å². The average molecular weight is 363 g/mol. The molecule has 1 N–H and O–H groups in total. The summed E-state index contributed by atoms with van der Waals surface area (Å²) < 4.78 is 0. The summed E-state index contributed by atoms with van der Waals surface area (Å²) in [6, 6.07) is 14.1. The minimum atomic E-state index is 0.0366. The topological polar surface area (TPSA) is 72.3 Å². The number of anilines is 1. The number of benzene rings is 1. The molecule has 1 aromatic carbocycles. The second-order valence-electron chi connectivity index (χ2n) is 6.92. The number of aryl methyl sites for hydroxylation is 2. The number of carbonyl (C=O) groups excluding carboxylic acids is 1. The lowest BCUT2D eigenvalue weighted by atomic mass is 10.1. The van der Waals surface area contributed by atoms with Crippen LogP contribution < -0.4 is 10.2 Å². The third-order valence-electron chi connectivity index (χ3n) is 4.81. The Morgan fingerprint density at radius 3 is 2.56 bits per heavy atom. The second-order valence-corrected chi connectivity index (χ2v) is 6.92. The third-order valence-corrected chi connectivity index (χ3v) is 4.81. The van der Waals surface area contributed by atoms with Crippen LogP contribution >= 0.6 is 0 Å². The molecule has 1 aliphatic rings. The molecule has 1 aromatic heterocycles. The molecule has 0 radical (unpaired) electrons. The molecule has 3 rings (SSSR count). The molecule has 1 saturated heterocycles. The van der Waals surface area contributed by atoms with Crippen LogP contribution in [-0.2, 0) is 11.3 Å². The number of hydrogen-bond donors (Lipinski definition) is 1. The zero-order valence-corrected chi connectivity index (χ0v) is 15.9. The summed E-state index contributed by atoms with van der Waals surface area (Å²) in [6.45, 7) is 7.92. The first-order chi connectivity index (χ1) is 13.1. The number of nitrogens with zero attached hydrogens (tertiary/aromatic N) is 4. The van der Waals surface area contributed by atoms with Gasteiger partial charge in [0.05, 0.1) is 12.1 Å². The first-order valence-electron chi connectivity index (χ1n) is 9.23. The van der Waals surface area contributed by atoms with E-state index in [-0.39, 0.29) is 5.91 Å². The van der Waals surface area contributed by atoms with E-state index in [0.717, 1.165) is 48.8 Å². The van der Waals surface area contributed by atoms with Crippen LogP contribution in [0.15, 0.2) is 36.4 Å². The lowest BCUT2D eigenvalue weighted by Gasteiger charge is -2.35. The van der Waals surface area contributed by atoms with Gasteiger partial charge in [0.2, 0.25) is 5.91 Å². The van der Waals surface area contributed by atoms with Crippen LogP contribution in [0.1, 0.15) is 22.4 Å². The summed E-state index contributed by atoms with van der Waals surface area (Å²) in [7, 11) is 0. The van der Waals surface area contributed by atoms with Gasteiger partial charge in [-0.25, -0.2) is 4.98 Å². The van der Waals surface area contributed by atoms with Crippen molar-refractivity contribution in [2.75, 3.05) is 37.6 Å². The van der Waals surface area contributed by atoms with Crippen LogP contribution in [0, 0.1) is 25.2 Å². The molecule has 6 nitrogen and oxygen atoms in total. The fraction of sp³-hybridized carbons (Fsp3) is 0.381. The Hall–Kier alpha value is -2.91. The molecule has 0 spiro atoms. The zero-order valence-electron chi connectivity index (χ0n) is 15.9. The van der Waals surface area contributed by atoms with E-state index in [1.807, 2.05) is 50.2 Å². The summed E-state index contributed by atoms with van der Waals surface area (Å²) in [5, 5.41) is 12.4. The number of amides is 1. The highest BCUT2D eigenvalue weighted by Crippen LogP contribution is 2.22. The monoisotopic (exact) mass is 363 g/mol. The van der Waals surface area contributed by atoms with Crippen molar-refractivity contribution in [3.05, 3.63) is 58.8 Å². The Balaban J connectivity index is 1.52. The highest BCUT2D eigenvalue weighted by Gasteiger charge is 2.22. The van der Waals surface area contributed by atoms with Gasteiger partial charge >= 0.3 is 0 Å². The van der Waals surface area contributed by atoms with Gasteiger partial charge in [0.15, 0.2) is 0 Å². The van der Waals surface area contributed by atoms with Gasteiger partial charge in [-0.05, 0) is 31.0 Å². The van der Waals surface area contributed by atoms with Crippen LogP contribution in [0.3, 0.4) is 0 Å². The van der Waals surface area contributed by atoms with Crippen LogP contribution in [-0.4, -0.2) is 48.5 Å². The lowest BCUT2D eigenvalue weighted by molar-refractivity contribution is -0.122. The number of nitriles is 1. The fourth-order valence-corrected chi connectivity index (χ4v) is 3.36. The van der Waals surface area contributed by atoms with Crippen molar-refractivity contribution in [1.29, 1.82) is 5.26 Å². The van der Waals surface area contributed by atoms with E-state index in [0.29, 0.717) is 18.7 Å². The molecule has 2 heterocycles. The van der Waals surface area contributed by atoms with Crippen molar-refractivity contribution in [2.24, 2.45) is 0 Å². The summed E-state index contributed by atoms with van der Waals surface area (Å²) in [5.41, 5.74) is 3.63. The number of rotatable bonds is 5. The summed E-state index contributed by atoms with van der Waals surface area (Å²) in [4.78, 5) is 21.1. The predicted octanol–water partition coefficient (Wildman–Crippen LogP) is 2.01. The number of carbonyl (C=O) groups is 1. The molecule has 1 aliphatic heterocycles. The summed E-state index contributed by atoms with van der Waals surface area (Å²) >= 11 is 0. The third kappa shape index (κ3) is 4.83. The van der Waals surface area contributed by atoms with Gasteiger partial charge in [0.25, 0.3) is 0 Å². The molecule has 140 valence electrons. The van der Waals surface area contributed by atoms with E-state index in [4.69, 9.17) is 0 Å². The van der Waals surface area contributed by atoms with Crippen LogP contribution in [0.25, 0.3) is 0 Å². The molecule has 0 saturated carbocycles. The van der Waals surface area contributed by atoms with E-state index >= 15 is 0 Å². The zero-order chi connectivity index (χ0) is 19.2. The van der Waals surface area contributed by atoms with Crippen molar-refractivity contribution in [2.45, 2.75) is 20.4 Å². The summed E-state index contributed by atoms with van der Waals surface area (Å²) in [5.74, 6) is 0.803. The van der Waals surface area contributed by atoms with Gasteiger partial charge < -0.3 is 10.2 Å². The Morgan fingerprint density at radius 2 is 1.89 bits per heavy atom. The van der Waals surface area contributed by atoms with E-state index in [1.54, 1.807) is 0 Å². The molecule has 6 heteroatoms. The molecule has 1 fully saturated rings. The molecule has 27 heavy (non-hydrogen) atoms. The maximum absolute atomic E-state index is 12.2. The minimum absolute atomic E-state index is 0.0366. The fourth-order valence-electron chi connectivity index (χ4n) is 3.36. The molecule has 0 atom stereocenters. The van der Waals surface area contributed by atoms with Gasteiger partial charge in [-0.3, -0.25) is 9.69 Å². The van der Waals surface area contributed by atoms with Crippen molar-refractivity contribution in [3.8, 4) is 6.07 Å². The first kappa shape index (κ1) is 18.9. The number of aromatic nitrogens is 1. The predicted molar refractivity (Wildman–Crippen MR) is 105 cm³/mol. The molecule has 1 amide bonds. The van der Waals surface area contributed by atoms with Gasteiger partial charge in [-0.15, -0.1) is 0 Å². The second kappa shape index (κ2) is 8.65. The number of hydrogen-bond acceptors (Lipinski definition) is 5. The standard InChI is InChI=1S/C21H25N5O/c1-16-12-17(2)24-21(19(16)13-22)26-10-8-25(9-11-26)15-20(27)23-14-18-6-4-3-5-7-18/h3-7,12H,8-11,14-15H2,1-2H3,(H,23,27). The van der Waals surface area contributed by atoms with Crippen molar-refractivity contribution < 1.29 is 4.79 Å². The lowest BCUT2D eigenvalue weighted by Crippen LogP contribution is -2.50. The van der Waals surface area contributed by atoms with Gasteiger partial charge in [-0.1, -0.05) is 30.3 Å². The van der Waals surface area contributed by atoms with Gasteiger partial charge in [-0.2, -0.15) is 5.26 Å². The molecular weight excluding hydrogens is 338 g/mol. The van der Waals surface area contributed by atoms with E-state index in [1.165, 1.54) is 0 Å². The Labute approximate surface area is 160 Å². The quantitative estimate of drug-likeness (QED) is 0.880. The van der Waals surface area contributed by atoms with Crippen molar-refractivity contribution >= 4 is 11.7 Å². The van der Waals surface area contributed by atoms with Crippen LogP contribution in [0.2, 0.25) is 0 Å². The molecule has 0 aliphatic carbocycles. The average Bonchev–Trinajstić information content (AvgIpc) is 2.67. The van der Waals surface area contributed by atoms with Crippen molar-refractivity contribution in [1.82, 2.24) is 15.2 Å².